The number of amides is 1. The summed E-state index contributed by atoms with van der Waals surface area (Å²) >= 11 is 0. The molecule has 9 heteroatoms. The lowest BCUT2D eigenvalue weighted by molar-refractivity contribution is 0.0523. The Balaban J connectivity index is 1.67. The molecule has 4 N–H and O–H groups in total. The number of nitrogens with two attached hydrogens (primary N) is 1. The first kappa shape index (κ1) is 23.3. The number of benzene rings is 1. The van der Waals surface area contributed by atoms with Gasteiger partial charge in [0.2, 0.25) is 5.95 Å². The van der Waals surface area contributed by atoms with Crippen LogP contribution in [0.2, 0.25) is 0 Å². The predicted molar refractivity (Wildman–Crippen MR) is 126 cm³/mol. The zero-order valence-electron chi connectivity index (χ0n) is 19.1. The molecule has 172 valence electrons. The molecule has 0 saturated carbocycles. The predicted octanol–water partition coefficient (Wildman–Crippen LogP) is 3.53. The summed E-state index contributed by atoms with van der Waals surface area (Å²) in [6.45, 7) is 10.4. The van der Waals surface area contributed by atoms with Crippen LogP contribution in [0.5, 0.6) is 0 Å². The molecule has 0 saturated heterocycles. The number of carbonyl (C=O) groups is 1. The fourth-order valence-electron chi connectivity index (χ4n) is 3.21. The normalized spacial score (nSPS) is 11.5. The van der Waals surface area contributed by atoms with Crippen LogP contribution in [0.1, 0.15) is 38.8 Å². The van der Waals surface area contributed by atoms with Crippen molar-refractivity contribution in [3.8, 4) is 0 Å². The molecular formula is C23H32N6O3. The van der Waals surface area contributed by atoms with Crippen molar-refractivity contribution in [2.24, 2.45) is 0 Å². The van der Waals surface area contributed by atoms with E-state index in [2.05, 4.69) is 25.2 Å². The SMILES string of the molecule is CCOCCNc1nc(N)nc2ccn(Cc3ccc(CNC(=O)OC(C)(C)C)cc3)c12. The Bertz CT molecular complexity index is 1040. The largest absolute Gasteiger partial charge is 0.444 e. The molecule has 0 atom stereocenters. The Morgan fingerprint density at radius 2 is 1.84 bits per heavy atom. The highest BCUT2D eigenvalue weighted by atomic mass is 16.6. The molecule has 0 radical (unpaired) electrons. The van der Waals surface area contributed by atoms with Crippen molar-refractivity contribution in [1.82, 2.24) is 19.9 Å². The van der Waals surface area contributed by atoms with Gasteiger partial charge in [-0.2, -0.15) is 4.98 Å². The van der Waals surface area contributed by atoms with E-state index in [9.17, 15) is 4.79 Å². The monoisotopic (exact) mass is 440 g/mol. The van der Waals surface area contributed by atoms with Crippen LogP contribution in [0.3, 0.4) is 0 Å². The fraction of sp³-hybridized carbons (Fsp3) is 0.435. The zero-order valence-corrected chi connectivity index (χ0v) is 19.1. The molecule has 0 aliphatic carbocycles. The molecular weight excluding hydrogens is 408 g/mol. The summed E-state index contributed by atoms with van der Waals surface area (Å²) in [4.78, 5) is 20.6. The number of carbonyl (C=O) groups excluding carboxylic acids is 1. The third kappa shape index (κ3) is 6.58. The Morgan fingerprint density at radius 3 is 2.53 bits per heavy atom. The average molecular weight is 441 g/mol. The molecule has 1 amide bonds. The van der Waals surface area contributed by atoms with E-state index in [0.717, 1.165) is 22.2 Å². The Hall–Kier alpha value is -3.33. The summed E-state index contributed by atoms with van der Waals surface area (Å²) in [6, 6.07) is 10.00. The first-order valence-electron chi connectivity index (χ1n) is 10.7. The Labute approximate surface area is 188 Å². The Kier molecular flexibility index (Phi) is 7.53. The summed E-state index contributed by atoms with van der Waals surface area (Å²) in [6.07, 6.45) is 1.55. The van der Waals surface area contributed by atoms with E-state index in [1.807, 2.05) is 64.2 Å². The van der Waals surface area contributed by atoms with Gasteiger partial charge in [0.25, 0.3) is 0 Å². The minimum absolute atomic E-state index is 0.232. The number of ether oxygens (including phenoxy) is 2. The summed E-state index contributed by atoms with van der Waals surface area (Å²) in [5, 5.41) is 6.07. The van der Waals surface area contributed by atoms with Crippen molar-refractivity contribution in [3.05, 3.63) is 47.7 Å². The van der Waals surface area contributed by atoms with Gasteiger partial charge in [0.05, 0.1) is 12.1 Å². The highest BCUT2D eigenvalue weighted by molar-refractivity contribution is 5.87. The van der Waals surface area contributed by atoms with Crippen molar-refractivity contribution < 1.29 is 14.3 Å². The molecule has 3 rings (SSSR count). The molecule has 0 aliphatic heterocycles. The number of hydrogen-bond donors (Lipinski definition) is 3. The molecule has 0 spiro atoms. The van der Waals surface area contributed by atoms with Crippen LogP contribution in [0.15, 0.2) is 36.5 Å². The van der Waals surface area contributed by atoms with Gasteiger partial charge in [-0.25, -0.2) is 9.78 Å². The lowest BCUT2D eigenvalue weighted by Gasteiger charge is -2.19. The zero-order chi connectivity index (χ0) is 23.1. The van der Waals surface area contributed by atoms with Crippen LogP contribution in [-0.4, -0.2) is 46.0 Å². The third-order valence-electron chi connectivity index (χ3n) is 4.58. The second-order valence-corrected chi connectivity index (χ2v) is 8.40. The quantitative estimate of drug-likeness (QED) is 0.436. The summed E-state index contributed by atoms with van der Waals surface area (Å²) in [5.41, 5.74) is 9.15. The number of fused-ring (bicyclic) bond motifs is 1. The summed E-state index contributed by atoms with van der Waals surface area (Å²) < 4.78 is 12.8. The van der Waals surface area contributed by atoms with Gasteiger partial charge in [-0.3, -0.25) is 0 Å². The van der Waals surface area contributed by atoms with Gasteiger partial charge in [0, 0.05) is 32.4 Å². The molecule has 2 aromatic heterocycles. The van der Waals surface area contributed by atoms with Crippen molar-refractivity contribution in [2.45, 2.75) is 46.4 Å². The van der Waals surface area contributed by atoms with E-state index in [-0.39, 0.29) is 5.95 Å². The van der Waals surface area contributed by atoms with Crippen LogP contribution >= 0.6 is 0 Å². The molecule has 0 bridgehead atoms. The number of alkyl carbamates (subject to hydrolysis) is 1. The number of hydrogen-bond acceptors (Lipinski definition) is 7. The summed E-state index contributed by atoms with van der Waals surface area (Å²) in [7, 11) is 0. The van der Waals surface area contributed by atoms with Crippen molar-refractivity contribution in [3.63, 3.8) is 0 Å². The smallest absolute Gasteiger partial charge is 0.407 e. The van der Waals surface area contributed by atoms with E-state index in [4.69, 9.17) is 15.2 Å². The van der Waals surface area contributed by atoms with Crippen molar-refractivity contribution in [2.75, 3.05) is 30.8 Å². The molecule has 1 aromatic carbocycles. The number of nitrogen functional groups attached to an aromatic ring is 1. The van der Waals surface area contributed by atoms with Crippen molar-refractivity contribution in [1.29, 1.82) is 0 Å². The van der Waals surface area contributed by atoms with E-state index in [1.165, 1.54) is 0 Å². The highest BCUT2D eigenvalue weighted by Gasteiger charge is 2.16. The first-order chi connectivity index (χ1) is 15.2. The Morgan fingerprint density at radius 1 is 1.12 bits per heavy atom. The number of rotatable bonds is 9. The van der Waals surface area contributed by atoms with Crippen LogP contribution in [0, 0.1) is 0 Å². The lowest BCUT2D eigenvalue weighted by Crippen LogP contribution is -2.32. The van der Waals surface area contributed by atoms with Crippen molar-refractivity contribution >= 4 is 28.9 Å². The topological polar surface area (TPSA) is 116 Å². The van der Waals surface area contributed by atoms with Gasteiger partial charge in [-0.05, 0) is 44.9 Å². The maximum atomic E-state index is 11.8. The number of nitrogens with zero attached hydrogens (tertiary/aromatic N) is 3. The maximum absolute atomic E-state index is 11.8. The van der Waals surface area contributed by atoms with Gasteiger partial charge >= 0.3 is 6.09 Å². The molecule has 0 unspecified atom stereocenters. The van der Waals surface area contributed by atoms with Gasteiger partial charge in [-0.1, -0.05) is 24.3 Å². The highest BCUT2D eigenvalue weighted by Crippen LogP contribution is 2.23. The molecule has 9 nitrogen and oxygen atoms in total. The van der Waals surface area contributed by atoms with E-state index >= 15 is 0 Å². The minimum Gasteiger partial charge on any atom is -0.444 e. The van der Waals surface area contributed by atoms with Crippen LogP contribution in [0.25, 0.3) is 11.0 Å². The average Bonchev–Trinajstić information content (AvgIpc) is 3.12. The van der Waals surface area contributed by atoms with Gasteiger partial charge < -0.3 is 30.4 Å². The van der Waals surface area contributed by atoms with E-state index in [0.29, 0.717) is 38.7 Å². The van der Waals surface area contributed by atoms with E-state index in [1.54, 1.807) is 0 Å². The third-order valence-corrected chi connectivity index (χ3v) is 4.58. The molecule has 3 aromatic rings. The van der Waals surface area contributed by atoms with Crippen LogP contribution < -0.4 is 16.4 Å². The number of anilines is 2. The number of aromatic nitrogens is 3. The molecule has 0 aliphatic rings. The van der Waals surface area contributed by atoms with Gasteiger partial charge in [-0.15, -0.1) is 0 Å². The minimum atomic E-state index is -0.515. The second kappa shape index (κ2) is 10.3. The van der Waals surface area contributed by atoms with Crippen LogP contribution in [0.4, 0.5) is 16.6 Å². The number of nitrogens with one attached hydrogen (secondary N) is 2. The molecule has 0 fully saturated rings. The molecule has 32 heavy (non-hydrogen) atoms. The summed E-state index contributed by atoms with van der Waals surface area (Å²) in [5.74, 6) is 0.923. The van der Waals surface area contributed by atoms with Gasteiger partial charge in [0.15, 0.2) is 5.82 Å². The first-order valence-corrected chi connectivity index (χ1v) is 10.7. The molecule has 2 heterocycles. The second-order valence-electron chi connectivity index (χ2n) is 8.40. The maximum Gasteiger partial charge on any atom is 0.407 e. The van der Waals surface area contributed by atoms with E-state index < -0.39 is 11.7 Å². The standard InChI is InChI=1S/C23H32N6O3/c1-5-31-13-11-25-20-19-18(27-21(24)28-20)10-12-29(19)15-17-8-6-16(7-9-17)14-26-22(30)32-23(2,3)4/h6-10,12H,5,11,13-15H2,1-4H3,(H,26,30)(H3,24,25,27,28). The van der Waals surface area contributed by atoms with Crippen LogP contribution in [-0.2, 0) is 22.6 Å². The van der Waals surface area contributed by atoms with Gasteiger partial charge in [0.1, 0.15) is 11.1 Å². The fourth-order valence-corrected chi connectivity index (χ4v) is 3.21. The lowest BCUT2D eigenvalue weighted by atomic mass is 10.1.